The van der Waals surface area contributed by atoms with Gasteiger partial charge >= 0.3 is 0 Å². The first-order valence-electron chi connectivity index (χ1n) is 6.88. The van der Waals surface area contributed by atoms with Gasteiger partial charge in [0.05, 0.1) is 11.5 Å². The van der Waals surface area contributed by atoms with E-state index in [0.717, 1.165) is 12.0 Å². The molecule has 5 nitrogen and oxygen atoms in total. The lowest BCUT2D eigenvalue weighted by Gasteiger charge is -2.15. The predicted molar refractivity (Wildman–Crippen MR) is 86.4 cm³/mol. The van der Waals surface area contributed by atoms with Gasteiger partial charge in [0.25, 0.3) is 0 Å². The third-order valence-electron chi connectivity index (χ3n) is 3.51. The van der Waals surface area contributed by atoms with Crippen LogP contribution in [0.5, 0.6) is 0 Å². The molecule has 1 unspecified atom stereocenters. The normalized spacial score (nSPS) is 21.2. The van der Waals surface area contributed by atoms with Crippen molar-refractivity contribution in [3.63, 3.8) is 0 Å². The molecule has 7 heteroatoms. The van der Waals surface area contributed by atoms with Crippen molar-refractivity contribution in [3.8, 4) is 0 Å². The van der Waals surface area contributed by atoms with Crippen molar-refractivity contribution in [1.29, 1.82) is 0 Å². The highest BCUT2D eigenvalue weighted by Gasteiger charge is 2.27. The van der Waals surface area contributed by atoms with Gasteiger partial charge in [0, 0.05) is 25.2 Å². The summed E-state index contributed by atoms with van der Waals surface area (Å²) in [6, 6.07) is 7.62. The second-order valence-electron chi connectivity index (χ2n) is 5.17. The summed E-state index contributed by atoms with van der Waals surface area (Å²) in [7, 11) is -1.14. The fraction of sp³-hybridized carbons (Fsp3) is 0.500. The molecule has 0 aromatic heterocycles. The molecule has 2 N–H and O–H groups in total. The molecule has 1 atom stereocenters. The Morgan fingerprint density at radius 1 is 1.38 bits per heavy atom. The molecule has 21 heavy (non-hydrogen) atoms. The SMILES string of the molecule is CN=C(NCc1ccccc1Cl)NCC1CCS(=O)(=O)C1. The van der Waals surface area contributed by atoms with Crippen molar-refractivity contribution in [2.75, 3.05) is 25.1 Å². The predicted octanol–water partition coefficient (Wildman–Crippen LogP) is 1.44. The zero-order valence-corrected chi connectivity index (χ0v) is 13.5. The van der Waals surface area contributed by atoms with Gasteiger partial charge in [0.1, 0.15) is 0 Å². The van der Waals surface area contributed by atoms with Gasteiger partial charge in [0.15, 0.2) is 15.8 Å². The highest BCUT2D eigenvalue weighted by atomic mass is 35.5. The lowest BCUT2D eigenvalue weighted by atomic mass is 10.1. The zero-order chi connectivity index (χ0) is 15.3. The summed E-state index contributed by atoms with van der Waals surface area (Å²) in [6.07, 6.45) is 0.719. The maximum Gasteiger partial charge on any atom is 0.191 e. The summed E-state index contributed by atoms with van der Waals surface area (Å²) >= 11 is 6.10. The number of rotatable bonds is 4. The average Bonchev–Trinajstić information content (AvgIpc) is 2.80. The van der Waals surface area contributed by atoms with Crippen molar-refractivity contribution in [2.24, 2.45) is 10.9 Å². The van der Waals surface area contributed by atoms with Crippen LogP contribution in [-0.4, -0.2) is 39.5 Å². The maximum atomic E-state index is 11.4. The topological polar surface area (TPSA) is 70.6 Å². The third-order valence-corrected chi connectivity index (χ3v) is 5.72. The lowest BCUT2D eigenvalue weighted by Crippen LogP contribution is -2.39. The highest BCUT2D eigenvalue weighted by Crippen LogP contribution is 2.17. The van der Waals surface area contributed by atoms with E-state index >= 15 is 0 Å². The van der Waals surface area contributed by atoms with E-state index < -0.39 is 9.84 Å². The van der Waals surface area contributed by atoms with E-state index in [0.29, 0.717) is 29.8 Å². The minimum absolute atomic E-state index is 0.161. The molecule has 1 saturated heterocycles. The molecular weight excluding hydrogens is 310 g/mol. The van der Waals surface area contributed by atoms with Crippen molar-refractivity contribution in [2.45, 2.75) is 13.0 Å². The first-order chi connectivity index (χ1) is 10.00. The number of guanidine groups is 1. The van der Waals surface area contributed by atoms with E-state index in [4.69, 9.17) is 11.6 Å². The summed E-state index contributed by atoms with van der Waals surface area (Å²) in [4.78, 5) is 4.13. The van der Waals surface area contributed by atoms with Crippen LogP contribution in [0.3, 0.4) is 0 Å². The molecule has 116 valence electrons. The van der Waals surface area contributed by atoms with E-state index in [1.54, 1.807) is 7.05 Å². The molecule has 1 heterocycles. The van der Waals surface area contributed by atoms with Gasteiger partial charge in [-0.1, -0.05) is 29.8 Å². The monoisotopic (exact) mass is 329 g/mol. The number of aliphatic imine (C=N–C) groups is 1. The van der Waals surface area contributed by atoms with Crippen LogP contribution in [-0.2, 0) is 16.4 Å². The van der Waals surface area contributed by atoms with Gasteiger partial charge in [-0.2, -0.15) is 0 Å². The van der Waals surface area contributed by atoms with Crippen molar-refractivity contribution < 1.29 is 8.42 Å². The summed E-state index contributed by atoms with van der Waals surface area (Å²) in [5, 5.41) is 7.06. The van der Waals surface area contributed by atoms with Crippen LogP contribution < -0.4 is 10.6 Å². The maximum absolute atomic E-state index is 11.4. The molecule has 0 saturated carbocycles. The van der Waals surface area contributed by atoms with Crippen molar-refractivity contribution >= 4 is 27.4 Å². The van der Waals surface area contributed by atoms with Gasteiger partial charge < -0.3 is 10.6 Å². The molecule has 2 rings (SSSR count). The van der Waals surface area contributed by atoms with Crippen LogP contribution in [0, 0.1) is 5.92 Å². The Kier molecular flexibility index (Phi) is 5.47. The smallest absolute Gasteiger partial charge is 0.191 e. The number of hydrogen-bond donors (Lipinski definition) is 2. The Labute approximate surface area is 130 Å². The lowest BCUT2D eigenvalue weighted by molar-refractivity contribution is 0.567. The molecule has 0 amide bonds. The summed E-state index contributed by atoms with van der Waals surface area (Å²) in [6.45, 7) is 1.18. The number of nitrogens with zero attached hydrogens (tertiary/aromatic N) is 1. The molecule has 1 fully saturated rings. The van der Waals surface area contributed by atoms with E-state index in [-0.39, 0.29) is 11.7 Å². The minimum Gasteiger partial charge on any atom is -0.356 e. The highest BCUT2D eigenvalue weighted by molar-refractivity contribution is 7.91. The van der Waals surface area contributed by atoms with Crippen LogP contribution in [0.4, 0.5) is 0 Å². The summed E-state index contributed by atoms with van der Waals surface area (Å²) in [5.74, 6) is 1.38. The standard InChI is InChI=1S/C14H20ClN3O2S/c1-16-14(17-8-11-6-7-21(19,20)10-11)18-9-12-4-2-3-5-13(12)15/h2-5,11H,6-10H2,1H3,(H2,16,17,18). The largest absolute Gasteiger partial charge is 0.356 e. The van der Waals surface area contributed by atoms with Gasteiger partial charge in [-0.25, -0.2) is 8.42 Å². The molecule has 0 bridgehead atoms. The van der Waals surface area contributed by atoms with Crippen molar-refractivity contribution in [3.05, 3.63) is 34.9 Å². The fourth-order valence-electron chi connectivity index (χ4n) is 2.32. The molecule has 0 aliphatic carbocycles. The average molecular weight is 330 g/mol. The number of benzene rings is 1. The quantitative estimate of drug-likeness (QED) is 0.648. The molecular formula is C14H20ClN3O2S. The summed E-state index contributed by atoms with van der Waals surface area (Å²) in [5.41, 5.74) is 0.991. The zero-order valence-electron chi connectivity index (χ0n) is 12.0. The Morgan fingerprint density at radius 2 is 2.14 bits per heavy atom. The van der Waals surface area contributed by atoms with E-state index in [2.05, 4.69) is 15.6 Å². The van der Waals surface area contributed by atoms with Crippen molar-refractivity contribution in [1.82, 2.24) is 10.6 Å². The van der Waals surface area contributed by atoms with Gasteiger partial charge in [-0.3, -0.25) is 4.99 Å². The van der Waals surface area contributed by atoms with Crippen LogP contribution in [0.25, 0.3) is 0 Å². The Hall–Kier alpha value is -1.27. The fourth-order valence-corrected chi connectivity index (χ4v) is 4.38. The number of sulfone groups is 1. The van der Waals surface area contributed by atoms with E-state index in [9.17, 15) is 8.42 Å². The molecule has 1 aromatic rings. The second kappa shape index (κ2) is 7.13. The van der Waals surface area contributed by atoms with Crippen LogP contribution in [0.1, 0.15) is 12.0 Å². The Bertz CT molecular complexity index is 616. The van der Waals surface area contributed by atoms with Gasteiger partial charge in [-0.05, 0) is 24.0 Å². The number of nitrogens with one attached hydrogen (secondary N) is 2. The molecule has 0 spiro atoms. The van der Waals surface area contributed by atoms with E-state index in [1.807, 2.05) is 24.3 Å². The first-order valence-corrected chi connectivity index (χ1v) is 9.08. The van der Waals surface area contributed by atoms with Gasteiger partial charge in [0.2, 0.25) is 0 Å². The van der Waals surface area contributed by atoms with Crippen LogP contribution in [0.15, 0.2) is 29.3 Å². The minimum atomic E-state index is -2.83. The second-order valence-corrected chi connectivity index (χ2v) is 7.80. The third kappa shape index (κ3) is 4.89. The Balaban J connectivity index is 1.81. The van der Waals surface area contributed by atoms with Gasteiger partial charge in [-0.15, -0.1) is 0 Å². The molecule has 1 aromatic carbocycles. The summed E-state index contributed by atoms with van der Waals surface area (Å²) < 4.78 is 22.8. The molecule has 1 aliphatic heterocycles. The van der Waals surface area contributed by atoms with E-state index in [1.165, 1.54) is 0 Å². The number of hydrogen-bond acceptors (Lipinski definition) is 3. The van der Waals surface area contributed by atoms with Crippen LogP contribution >= 0.6 is 11.6 Å². The molecule has 0 radical (unpaired) electrons. The Morgan fingerprint density at radius 3 is 2.76 bits per heavy atom. The van der Waals surface area contributed by atoms with Crippen LogP contribution in [0.2, 0.25) is 5.02 Å². The first kappa shape index (κ1) is 16.1. The molecule has 1 aliphatic rings. The number of halogens is 1.